The molecule has 0 radical (unpaired) electrons. The smallest absolute Gasteiger partial charge is 0.170 e. The van der Waals surface area contributed by atoms with Crippen LogP contribution in [0.1, 0.15) is 111 Å². The van der Waals surface area contributed by atoms with Gasteiger partial charge in [0, 0.05) is 11.1 Å². The average molecular weight is 937 g/mol. The monoisotopic (exact) mass is 936 g/mol. The van der Waals surface area contributed by atoms with Crippen LogP contribution in [0.4, 0.5) is 35.1 Å². The Morgan fingerprint density at radius 1 is 0.309 bits per heavy atom. The van der Waals surface area contributed by atoms with Crippen molar-refractivity contribution in [2.24, 2.45) is 5.41 Å². The minimum atomic E-state index is -1.37. The van der Waals surface area contributed by atoms with Crippen LogP contribution in [0.3, 0.4) is 0 Å². The maximum atomic E-state index is 14.1. The fourth-order valence-corrected chi connectivity index (χ4v) is 7.28. The summed E-state index contributed by atoms with van der Waals surface area (Å²) in [5.41, 5.74) is 3.44. The molecule has 0 bridgehead atoms. The van der Waals surface area contributed by atoms with Crippen molar-refractivity contribution in [3.8, 4) is 33.4 Å². The standard InChI is InChI=1S/C17H16F4.C16H14F4.C16H18.C11H16/c1-9-13(18)15(20)12(16(21)14(9)19)10-5-7-11(8-6-10)17(2,3)4;1-16(2,3)11-14(19)12(17)10(13(18)15(11)20)9-7-5-4-6-8-9;1-16(2,3)15-11-9-14(10-12-15)13-7-5-4-6-8-13;1-11(2,3)9-10-7-5-4-6-8-10/h5-8H,1-4H3;4-8H,1-3H3;4-12H,1-3H3;4-8H,9H2,1-3H3. The second-order valence-electron chi connectivity index (χ2n) is 21.1. The third kappa shape index (κ3) is 14.3. The molecule has 0 aliphatic rings. The van der Waals surface area contributed by atoms with Crippen LogP contribution in [-0.4, -0.2) is 0 Å². The molecule has 7 aromatic carbocycles. The highest BCUT2D eigenvalue weighted by Gasteiger charge is 2.32. The predicted octanol–water partition coefficient (Wildman–Crippen LogP) is 18.6. The Morgan fingerprint density at radius 3 is 0.941 bits per heavy atom. The summed E-state index contributed by atoms with van der Waals surface area (Å²) in [6.07, 6.45) is 1.16. The molecular formula is C60H64F8. The lowest BCUT2D eigenvalue weighted by Crippen LogP contribution is -2.19. The van der Waals surface area contributed by atoms with E-state index in [-0.39, 0.29) is 22.0 Å². The largest absolute Gasteiger partial charge is 0.203 e. The fourth-order valence-electron chi connectivity index (χ4n) is 7.28. The van der Waals surface area contributed by atoms with Crippen molar-refractivity contribution in [1.82, 2.24) is 0 Å². The molecule has 0 saturated heterocycles. The zero-order chi connectivity index (χ0) is 50.9. The van der Waals surface area contributed by atoms with Gasteiger partial charge in [0.2, 0.25) is 0 Å². The van der Waals surface area contributed by atoms with Crippen LogP contribution in [0, 0.1) is 58.9 Å². The third-order valence-electron chi connectivity index (χ3n) is 11.0. The number of halogens is 8. The number of benzene rings is 7. The molecule has 0 saturated carbocycles. The lowest BCUT2D eigenvalue weighted by Gasteiger charge is -2.22. The second-order valence-corrected chi connectivity index (χ2v) is 21.1. The topological polar surface area (TPSA) is 0 Å². The summed E-state index contributed by atoms with van der Waals surface area (Å²) < 4.78 is 112. The quantitative estimate of drug-likeness (QED) is 0.122. The lowest BCUT2D eigenvalue weighted by atomic mass is 9.84. The lowest BCUT2D eigenvalue weighted by molar-refractivity contribution is 0.407. The van der Waals surface area contributed by atoms with E-state index in [9.17, 15) is 35.1 Å². The van der Waals surface area contributed by atoms with Crippen LogP contribution in [0.5, 0.6) is 0 Å². The van der Waals surface area contributed by atoms with Crippen LogP contribution in [0.2, 0.25) is 0 Å². The molecule has 0 spiro atoms. The summed E-state index contributed by atoms with van der Waals surface area (Å²) in [5, 5.41) is 0. The van der Waals surface area contributed by atoms with E-state index < -0.39 is 74.2 Å². The molecule has 0 atom stereocenters. The van der Waals surface area contributed by atoms with E-state index in [1.165, 1.54) is 67.3 Å². The summed E-state index contributed by atoms with van der Waals surface area (Å²) in [5.74, 6) is -10.8. The highest BCUT2D eigenvalue weighted by molar-refractivity contribution is 5.67. The average Bonchev–Trinajstić information content (AvgIpc) is 3.27. The molecule has 0 aliphatic carbocycles. The number of hydrogen-bond donors (Lipinski definition) is 0. The van der Waals surface area contributed by atoms with Gasteiger partial charge in [-0.2, -0.15) is 0 Å². The summed E-state index contributed by atoms with van der Waals surface area (Å²) in [6, 6.07) is 43.8. The first-order valence-electron chi connectivity index (χ1n) is 22.6. The van der Waals surface area contributed by atoms with Crippen molar-refractivity contribution >= 4 is 0 Å². The Labute approximate surface area is 399 Å². The van der Waals surface area contributed by atoms with Gasteiger partial charge in [0.05, 0.1) is 11.1 Å². The van der Waals surface area contributed by atoms with Gasteiger partial charge in [-0.1, -0.05) is 223 Å². The van der Waals surface area contributed by atoms with Crippen molar-refractivity contribution in [2.75, 3.05) is 0 Å². The summed E-state index contributed by atoms with van der Waals surface area (Å²) >= 11 is 0. The van der Waals surface area contributed by atoms with Gasteiger partial charge >= 0.3 is 0 Å². The van der Waals surface area contributed by atoms with Crippen molar-refractivity contribution in [3.63, 3.8) is 0 Å². The van der Waals surface area contributed by atoms with E-state index in [2.05, 4.69) is 120 Å². The van der Waals surface area contributed by atoms with E-state index >= 15 is 0 Å². The van der Waals surface area contributed by atoms with E-state index in [0.717, 1.165) is 18.9 Å². The summed E-state index contributed by atoms with van der Waals surface area (Å²) in [6.45, 7) is 25.0. The highest BCUT2D eigenvalue weighted by atomic mass is 19.2. The molecule has 0 nitrogen and oxygen atoms in total. The van der Waals surface area contributed by atoms with E-state index in [1.54, 1.807) is 30.3 Å². The maximum Gasteiger partial charge on any atom is 0.170 e. The molecule has 0 fully saturated rings. The molecule has 0 unspecified atom stereocenters. The molecule has 7 rings (SSSR count). The van der Waals surface area contributed by atoms with Crippen molar-refractivity contribution in [1.29, 1.82) is 0 Å². The molecule has 8 heteroatoms. The maximum absolute atomic E-state index is 14.1. The molecule has 68 heavy (non-hydrogen) atoms. The SMILES string of the molecule is CC(C)(C)Cc1ccccc1.CC(C)(C)c1c(F)c(F)c(-c2ccccc2)c(F)c1F.CC(C)(C)c1ccc(-c2ccccc2)cc1.Cc1c(F)c(F)c(-c2ccc(C(C)(C)C)cc2)c(F)c1F. The minimum absolute atomic E-state index is 0.0979. The Morgan fingerprint density at radius 2 is 0.603 bits per heavy atom. The Hall–Kier alpha value is -6.02. The van der Waals surface area contributed by atoms with E-state index in [0.29, 0.717) is 5.41 Å². The van der Waals surface area contributed by atoms with E-state index in [4.69, 9.17) is 0 Å². The van der Waals surface area contributed by atoms with Gasteiger partial charge in [-0.3, -0.25) is 0 Å². The Bertz CT molecular complexity index is 2660. The third-order valence-corrected chi connectivity index (χ3v) is 11.0. The van der Waals surface area contributed by atoms with Crippen LogP contribution in [0.25, 0.3) is 33.4 Å². The summed E-state index contributed by atoms with van der Waals surface area (Å²) in [4.78, 5) is 0. The molecule has 0 aliphatic heterocycles. The molecule has 0 heterocycles. The first-order valence-corrected chi connectivity index (χ1v) is 22.6. The number of rotatable bonds is 4. The molecule has 0 amide bonds. The minimum Gasteiger partial charge on any atom is -0.203 e. The Balaban J connectivity index is 0.000000202. The Kier molecular flexibility index (Phi) is 18.0. The van der Waals surface area contributed by atoms with Gasteiger partial charge in [0.15, 0.2) is 46.5 Å². The van der Waals surface area contributed by atoms with Gasteiger partial charge in [-0.05, 0) is 73.9 Å². The number of hydrogen-bond acceptors (Lipinski definition) is 0. The molecule has 360 valence electrons. The zero-order valence-corrected chi connectivity index (χ0v) is 41.5. The van der Waals surface area contributed by atoms with Crippen LogP contribution < -0.4 is 0 Å². The van der Waals surface area contributed by atoms with Crippen molar-refractivity contribution in [3.05, 3.63) is 214 Å². The first kappa shape index (κ1) is 54.6. The van der Waals surface area contributed by atoms with Gasteiger partial charge in [0.25, 0.3) is 0 Å². The van der Waals surface area contributed by atoms with Gasteiger partial charge < -0.3 is 0 Å². The summed E-state index contributed by atoms with van der Waals surface area (Å²) in [7, 11) is 0. The van der Waals surface area contributed by atoms with Crippen LogP contribution >= 0.6 is 0 Å². The second kappa shape index (κ2) is 22.4. The van der Waals surface area contributed by atoms with Gasteiger partial charge in [0.1, 0.15) is 0 Å². The van der Waals surface area contributed by atoms with Crippen molar-refractivity contribution < 1.29 is 35.1 Å². The fraction of sp³-hybridized carbons (Fsp3) is 0.300. The molecule has 7 aromatic rings. The highest BCUT2D eigenvalue weighted by Crippen LogP contribution is 2.38. The molecule has 0 aromatic heterocycles. The first-order chi connectivity index (χ1) is 31.5. The predicted molar refractivity (Wildman–Crippen MR) is 266 cm³/mol. The van der Waals surface area contributed by atoms with Crippen molar-refractivity contribution in [2.45, 2.75) is 113 Å². The molecule has 0 N–H and O–H groups in total. The zero-order valence-electron chi connectivity index (χ0n) is 41.5. The van der Waals surface area contributed by atoms with Gasteiger partial charge in [-0.25, -0.2) is 35.1 Å². The van der Waals surface area contributed by atoms with Crippen LogP contribution in [0.15, 0.2) is 140 Å². The van der Waals surface area contributed by atoms with Crippen LogP contribution in [-0.2, 0) is 22.7 Å². The van der Waals surface area contributed by atoms with E-state index in [1.807, 2.05) is 26.8 Å². The normalized spacial score (nSPS) is 11.7. The molecular weight excluding hydrogens is 873 g/mol. The van der Waals surface area contributed by atoms with Gasteiger partial charge in [-0.15, -0.1) is 0 Å².